The van der Waals surface area contributed by atoms with Crippen LogP contribution in [0.4, 0.5) is 0 Å². The quantitative estimate of drug-likeness (QED) is 0.613. The van der Waals surface area contributed by atoms with E-state index in [0.717, 1.165) is 38.4 Å². The van der Waals surface area contributed by atoms with Gasteiger partial charge in [-0.1, -0.05) is 24.3 Å². The highest BCUT2D eigenvalue weighted by Gasteiger charge is 2.13. The Bertz CT molecular complexity index is 927. The minimum Gasteiger partial charge on any atom is -0.454 e. The molecule has 0 spiro atoms. The van der Waals surface area contributed by atoms with Gasteiger partial charge in [-0.15, -0.1) is 11.3 Å². The fourth-order valence-corrected chi connectivity index (χ4v) is 3.23. The molecule has 0 unspecified atom stereocenters. The summed E-state index contributed by atoms with van der Waals surface area (Å²) in [5.41, 5.74) is 6.55. The maximum absolute atomic E-state index is 8.99. The molecule has 0 atom stereocenters. The van der Waals surface area contributed by atoms with Crippen molar-refractivity contribution in [3.05, 3.63) is 59.9 Å². The normalized spacial score (nSPS) is 11.2. The highest BCUT2D eigenvalue weighted by Crippen LogP contribution is 2.34. The number of aromatic nitrogens is 2. The predicted octanol–water partition coefficient (Wildman–Crippen LogP) is 4.15. The second-order valence-electron chi connectivity index (χ2n) is 5.22. The molecular formula is C18H14N2O2S. The molecule has 0 radical (unpaired) electrons. The number of furan rings is 1. The average molecular weight is 322 g/mol. The fraction of sp³-hybridized carbons (Fsp3) is 0.111. The van der Waals surface area contributed by atoms with E-state index in [9.17, 15) is 0 Å². The first-order chi connectivity index (χ1) is 11.3. The van der Waals surface area contributed by atoms with Crippen LogP contribution in [0.15, 0.2) is 58.7 Å². The van der Waals surface area contributed by atoms with Crippen molar-refractivity contribution >= 4 is 22.4 Å². The van der Waals surface area contributed by atoms with Crippen molar-refractivity contribution in [3.8, 4) is 21.8 Å². The maximum Gasteiger partial charge on any atom is 0.161 e. The lowest BCUT2D eigenvalue weighted by Gasteiger charge is -2.00. The third kappa shape index (κ3) is 2.65. The van der Waals surface area contributed by atoms with Crippen LogP contribution in [0.5, 0.6) is 0 Å². The van der Waals surface area contributed by atoms with Crippen molar-refractivity contribution < 1.29 is 9.52 Å². The SMILES string of the molecule is OCCc1ccc(-c2cc3nccc(-c4cncs4)c3o2)cc1. The van der Waals surface area contributed by atoms with Crippen LogP contribution in [0.1, 0.15) is 5.56 Å². The summed E-state index contributed by atoms with van der Waals surface area (Å²) in [6.07, 6.45) is 4.30. The summed E-state index contributed by atoms with van der Waals surface area (Å²) in [4.78, 5) is 9.60. The first-order valence-electron chi connectivity index (χ1n) is 7.33. The molecule has 23 heavy (non-hydrogen) atoms. The van der Waals surface area contributed by atoms with Crippen molar-refractivity contribution in [2.75, 3.05) is 6.61 Å². The van der Waals surface area contributed by atoms with Gasteiger partial charge in [0.15, 0.2) is 5.58 Å². The molecule has 114 valence electrons. The Morgan fingerprint density at radius 2 is 2.00 bits per heavy atom. The summed E-state index contributed by atoms with van der Waals surface area (Å²) in [6, 6.07) is 11.9. The molecule has 0 saturated heterocycles. The molecule has 0 aliphatic rings. The van der Waals surface area contributed by atoms with E-state index in [1.165, 1.54) is 0 Å². The third-order valence-corrected chi connectivity index (χ3v) is 4.56. The maximum atomic E-state index is 8.99. The molecule has 0 amide bonds. The van der Waals surface area contributed by atoms with Crippen LogP contribution in [0, 0.1) is 0 Å². The van der Waals surface area contributed by atoms with Crippen LogP contribution in [0.25, 0.3) is 32.9 Å². The first kappa shape index (κ1) is 14.1. The van der Waals surface area contributed by atoms with E-state index in [2.05, 4.69) is 9.97 Å². The van der Waals surface area contributed by atoms with Gasteiger partial charge in [0.05, 0.1) is 10.4 Å². The van der Waals surface area contributed by atoms with Crippen LogP contribution in [-0.2, 0) is 6.42 Å². The van der Waals surface area contributed by atoms with Gasteiger partial charge in [-0.05, 0) is 18.1 Å². The van der Waals surface area contributed by atoms with Crippen molar-refractivity contribution in [1.82, 2.24) is 9.97 Å². The van der Waals surface area contributed by atoms with E-state index < -0.39 is 0 Å². The lowest BCUT2D eigenvalue weighted by molar-refractivity contribution is 0.299. The summed E-state index contributed by atoms with van der Waals surface area (Å²) in [7, 11) is 0. The van der Waals surface area contributed by atoms with Gasteiger partial charge in [0.1, 0.15) is 11.3 Å². The molecule has 0 bridgehead atoms. The molecule has 0 saturated carbocycles. The first-order valence-corrected chi connectivity index (χ1v) is 8.21. The van der Waals surface area contributed by atoms with Gasteiger partial charge in [0, 0.05) is 36.2 Å². The lowest BCUT2D eigenvalue weighted by Crippen LogP contribution is -1.89. The third-order valence-electron chi connectivity index (χ3n) is 3.75. The zero-order chi connectivity index (χ0) is 15.6. The lowest BCUT2D eigenvalue weighted by atomic mass is 10.1. The van der Waals surface area contributed by atoms with Gasteiger partial charge in [-0.2, -0.15) is 0 Å². The number of fused-ring (bicyclic) bond motifs is 1. The molecular weight excluding hydrogens is 308 g/mol. The Morgan fingerprint density at radius 3 is 2.74 bits per heavy atom. The van der Waals surface area contributed by atoms with E-state index >= 15 is 0 Å². The average Bonchev–Trinajstić information content (AvgIpc) is 3.25. The van der Waals surface area contributed by atoms with E-state index in [1.807, 2.05) is 48.1 Å². The van der Waals surface area contributed by atoms with Gasteiger partial charge in [0.2, 0.25) is 0 Å². The number of rotatable bonds is 4. The fourth-order valence-electron chi connectivity index (χ4n) is 2.59. The van der Waals surface area contributed by atoms with Crippen LogP contribution in [0.2, 0.25) is 0 Å². The van der Waals surface area contributed by atoms with Crippen molar-refractivity contribution in [1.29, 1.82) is 0 Å². The van der Waals surface area contributed by atoms with E-state index in [1.54, 1.807) is 17.5 Å². The van der Waals surface area contributed by atoms with Crippen LogP contribution in [-0.4, -0.2) is 21.7 Å². The molecule has 0 aliphatic carbocycles. The number of thiazole rings is 1. The predicted molar refractivity (Wildman–Crippen MR) is 91.3 cm³/mol. The highest BCUT2D eigenvalue weighted by atomic mass is 32.1. The molecule has 1 aromatic carbocycles. The minimum absolute atomic E-state index is 0.159. The number of benzene rings is 1. The topological polar surface area (TPSA) is 59.2 Å². The van der Waals surface area contributed by atoms with Crippen molar-refractivity contribution in [2.24, 2.45) is 0 Å². The van der Waals surface area contributed by atoms with Crippen molar-refractivity contribution in [2.45, 2.75) is 6.42 Å². The molecule has 3 aromatic heterocycles. The molecule has 4 aromatic rings. The number of nitrogens with zero attached hydrogens (tertiary/aromatic N) is 2. The Kier molecular flexibility index (Phi) is 3.65. The summed E-state index contributed by atoms with van der Waals surface area (Å²) in [5.74, 6) is 0.792. The van der Waals surface area contributed by atoms with Crippen LogP contribution < -0.4 is 0 Å². The number of hydrogen-bond acceptors (Lipinski definition) is 5. The summed E-state index contributed by atoms with van der Waals surface area (Å²) in [5, 5.41) is 8.99. The number of aliphatic hydroxyl groups excluding tert-OH is 1. The standard InChI is InChI=1S/C18H14N2O2S/c21-8-6-12-1-3-13(4-2-12)16-9-15-18(22-16)14(5-7-20-15)17-10-19-11-23-17/h1-5,7,9-11,21H,6,8H2. The van der Waals surface area contributed by atoms with Gasteiger partial charge >= 0.3 is 0 Å². The Labute approximate surface area is 137 Å². The second-order valence-corrected chi connectivity index (χ2v) is 6.11. The highest BCUT2D eigenvalue weighted by molar-refractivity contribution is 7.13. The largest absolute Gasteiger partial charge is 0.454 e. The molecule has 3 heterocycles. The monoisotopic (exact) mass is 322 g/mol. The van der Waals surface area contributed by atoms with Gasteiger partial charge < -0.3 is 9.52 Å². The van der Waals surface area contributed by atoms with Crippen molar-refractivity contribution in [3.63, 3.8) is 0 Å². The Balaban J connectivity index is 1.78. The number of pyridine rings is 1. The van der Waals surface area contributed by atoms with E-state index in [-0.39, 0.29) is 6.61 Å². The zero-order valence-electron chi connectivity index (χ0n) is 12.3. The van der Waals surface area contributed by atoms with Gasteiger partial charge in [-0.3, -0.25) is 9.97 Å². The van der Waals surface area contributed by atoms with Crippen LogP contribution >= 0.6 is 11.3 Å². The Morgan fingerprint density at radius 1 is 1.13 bits per heavy atom. The number of aliphatic hydroxyl groups is 1. The van der Waals surface area contributed by atoms with E-state index in [4.69, 9.17) is 9.52 Å². The molecule has 0 aliphatic heterocycles. The molecule has 4 nitrogen and oxygen atoms in total. The van der Waals surface area contributed by atoms with Crippen LogP contribution in [0.3, 0.4) is 0 Å². The number of hydrogen-bond donors (Lipinski definition) is 1. The summed E-state index contributed by atoms with van der Waals surface area (Å²) < 4.78 is 6.08. The molecule has 1 N–H and O–H groups in total. The van der Waals surface area contributed by atoms with Gasteiger partial charge in [-0.25, -0.2) is 0 Å². The minimum atomic E-state index is 0.159. The van der Waals surface area contributed by atoms with Gasteiger partial charge in [0.25, 0.3) is 0 Å². The second kappa shape index (κ2) is 5.95. The zero-order valence-corrected chi connectivity index (χ0v) is 13.1. The summed E-state index contributed by atoms with van der Waals surface area (Å²) >= 11 is 1.58. The smallest absolute Gasteiger partial charge is 0.161 e. The summed E-state index contributed by atoms with van der Waals surface area (Å²) in [6.45, 7) is 0.159. The molecule has 4 rings (SSSR count). The molecule has 0 fully saturated rings. The van der Waals surface area contributed by atoms with E-state index in [0.29, 0.717) is 6.42 Å². The Hall–Kier alpha value is -2.50. The molecule has 5 heteroatoms.